The van der Waals surface area contributed by atoms with E-state index in [1.54, 1.807) is 24.3 Å². The summed E-state index contributed by atoms with van der Waals surface area (Å²) in [5.74, 6) is -0.292. The van der Waals surface area contributed by atoms with Crippen molar-refractivity contribution < 1.29 is 27.5 Å². The second-order valence-electron chi connectivity index (χ2n) is 9.93. The van der Waals surface area contributed by atoms with Gasteiger partial charge in [0.2, 0.25) is 21.8 Å². The number of carbonyl (C=O) groups is 2. The highest BCUT2D eigenvalue weighted by Gasteiger charge is 2.33. The molecular weight excluding hydrogens is 613 g/mol. The van der Waals surface area contributed by atoms with E-state index in [1.807, 2.05) is 37.3 Å². The summed E-state index contributed by atoms with van der Waals surface area (Å²) < 4.78 is 37.8. The number of anilines is 1. The van der Waals surface area contributed by atoms with Crippen LogP contribution in [-0.2, 0) is 32.6 Å². The smallest absolute Gasteiger partial charge is 0.244 e. The molecule has 9 nitrogen and oxygen atoms in total. The lowest BCUT2D eigenvalue weighted by atomic mass is 10.0. The summed E-state index contributed by atoms with van der Waals surface area (Å²) in [6, 6.07) is 17.9. The van der Waals surface area contributed by atoms with Crippen molar-refractivity contribution in [3.05, 3.63) is 87.9 Å². The van der Waals surface area contributed by atoms with Crippen LogP contribution < -0.4 is 19.1 Å². The molecule has 0 saturated heterocycles. The van der Waals surface area contributed by atoms with E-state index in [4.69, 9.17) is 32.7 Å². The van der Waals surface area contributed by atoms with Crippen molar-refractivity contribution in [2.75, 3.05) is 37.9 Å². The van der Waals surface area contributed by atoms with E-state index < -0.39 is 28.5 Å². The Kier molecular flexibility index (Phi) is 12.5. The number of unbranched alkanes of at least 4 members (excludes halogenated alkanes) is 1. The number of nitrogens with one attached hydrogen (secondary N) is 1. The van der Waals surface area contributed by atoms with Gasteiger partial charge >= 0.3 is 0 Å². The molecule has 0 aliphatic rings. The molecule has 2 amide bonds. The van der Waals surface area contributed by atoms with Gasteiger partial charge in [0.1, 0.15) is 24.1 Å². The van der Waals surface area contributed by atoms with Crippen molar-refractivity contribution in [3.8, 4) is 11.5 Å². The van der Waals surface area contributed by atoms with Gasteiger partial charge in [0.15, 0.2) is 0 Å². The first kappa shape index (κ1) is 34.0. The highest BCUT2D eigenvalue weighted by Crippen LogP contribution is 2.34. The van der Waals surface area contributed by atoms with Crippen LogP contribution >= 0.6 is 23.2 Å². The monoisotopic (exact) mass is 649 g/mol. The average molecular weight is 651 g/mol. The normalized spacial score (nSPS) is 11.9. The highest BCUT2D eigenvalue weighted by molar-refractivity contribution is 7.92. The summed E-state index contributed by atoms with van der Waals surface area (Å²) in [6.45, 7) is 1.84. The summed E-state index contributed by atoms with van der Waals surface area (Å²) in [5, 5.41) is 3.58. The molecule has 0 aromatic heterocycles. The minimum atomic E-state index is -3.98. The zero-order valence-electron chi connectivity index (χ0n) is 24.7. The number of methoxy groups -OCH3 is 2. The molecule has 43 heavy (non-hydrogen) atoms. The molecule has 0 aliphatic carbocycles. The predicted molar refractivity (Wildman–Crippen MR) is 171 cm³/mol. The van der Waals surface area contributed by atoms with E-state index in [1.165, 1.54) is 31.3 Å². The zero-order valence-corrected chi connectivity index (χ0v) is 27.0. The number of amides is 2. The molecule has 0 radical (unpaired) electrons. The van der Waals surface area contributed by atoms with Gasteiger partial charge in [-0.25, -0.2) is 8.42 Å². The molecule has 12 heteroatoms. The number of benzene rings is 3. The predicted octanol–water partition coefficient (Wildman–Crippen LogP) is 5.33. The Morgan fingerprint density at radius 2 is 1.65 bits per heavy atom. The van der Waals surface area contributed by atoms with Crippen molar-refractivity contribution in [1.82, 2.24) is 10.2 Å². The quantitative estimate of drug-likeness (QED) is 0.223. The van der Waals surface area contributed by atoms with Crippen LogP contribution in [0.5, 0.6) is 11.5 Å². The minimum absolute atomic E-state index is 0.0221. The highest BCUT2D eigenvalue weighted by atomic mass is 35.5. The molecule has 1 unspecified atom stereocenters. The van der Waals surface area contributed by atoms with Crippen LogP contribution in [0.25, 0.3) is 0 Å². The third kappa shape index (κ3) is 9.51. The van der Waals surface area contributed by atoms with Crippen molar-refractivity contribution >= 4 is 50.7 Å². The first-order valence-corrected chi connectivity index (χ1v) is 16.3. The summed E-state index contributed by atoms with van der Waals surface area (Å²) in [5.41, 5.74) is 1.61. The molecule has 3 aromatic rings. The van der Waals surface area contributed by atoms with E-state index in [-0.39, 0.29) is 30.3 Å². The van der Waals surface area contributed by atoms with E-state index in [0.717, 1.165) is 29.0 Å². The van der Waals surface area contributed by atoms with Gasteiger partial charge < -0.3 is 19.7 Å². The van der Waals surface area contributed by atoms with Crippen LogP contribution in [-0.4, -0.2) is 64.7 Å². The number of hydrogen-bond acceptors (Lipinski definition) is 6. The Morgan fingerprint density at radius 1 is 0.930 bits per heavy atom. The topological polar surface area (TPSA) is 105 Å². The maximum absolute atomic E-state index is 14.2. The summed E-state index contributed by atoms with van der Waals surface area (Å²) >= 11 is 12.4. The maximum atomic E-state index is 14.2. The Hall–Kier alpha value is -3.47. The molecule has 1 N–H and O–H groups in total. The first-order chi connectivity index (χ1) is 20.5. The number of carbonyl (C=O) groups excluding carboxylic acids is 2. The van der Waals surface area contributed by atoms with Gasteiger partial charge in [0.25, 0.3) is 0 Å². The summed E-state index contributed by atoms with van der Waals surface area (Å²) in [6.07, 6.45) is 2.86. The molecular formula is C31H37Cl2N3O6S. The van der Waals surface area contributed by atoms with Gasteiger partial charge in [-0.15, -0.1) is 0 Å². The van der Waals surface area contributed by atoms with Gasteiger partial charge in [-0.2, -0.15) is 0 Å². The van der Waals surface area contributed by atoms with E-state index >= 15 is 0 Å². The van der Waals surface area contributed by atoms with Gasteiger partial charge in [-0.3, -0.25) is 13.9 Å². The van der Waals surface area contributed by atoms with E-state index in [9.17, 15) is 18.0 Å². The Labute approximate surface area is 263 Å². The van der Waals surface area contributed by atoms with Crippen LogP contribution in [0.4, 0.5) is 5.69 Å². The van der Waals surface area contributed by atoms with Crippen LogP contribution in [0.2, 0.25) is 10.0 Å². The molecule has 0 fully saturated rings. The van der Waals surface area contributed by atoms with Gasteiger partial charge in [-0.05, 0) is 41.8 Å². The van der Waals surface area contributed by atoms with Crippen LogP contribution in [0.1, 0.15) is 30.9 Å². The molecule has 3 rings (SSSR count). The van der Waals surface area contributed by atoms with Crippen LogP contribution in [0.15, 0.2) is 66.7 Å². The number of ether oxygens (including phenoxy) is 2. The third-order valence-electron chi connectivity index (χ3n) is 6.77. The van der Waals surface area contributed by atoms with Crippen LogP contribution in [0, 0.1) is 0 Å². The fourth-order valence-electron chi connectivity index (χ4n) is 4.48. The van der Waals surface area contributed by atoms with Gasteiger partial charge in [0, 0.05) is 25.6 Å². The molecule has 0 bridgehead atoms. The van der Waals surface area contributed by atoms with Gasteiger partial charge in [0.05, 0.1) is 36.2 Å². The van der Waals surface area contributed by atoms with Crippen LogP contribution in [0.3, 0.4) is 0 Å². The number of rotatable bonds is 15. The molecule has 0 aliphatic heterocycles. The SMILES string of the molecule is CCCCNC(=O)C(Cc1ccccc1)N(Cc1ccc(Cl)c(Cl)c1)C(=O)CN(c1ccc(OC)cc1OC)S(C)(=O)=O. The fraction of sp³-hybridized carbons (Fsp3) is 0.355. The lowest BCUT2D eigenvalue weighted by Crippen LogP contribution is -2.53. The standard InChI is InChI=1S/C31H37Cl2N3O6S/c1-5-6-16-34-31(38)28(18-22-10-8-7-9-11-22)35(20-23-12-14-25(32)26(33)17-23)30(37)21-36(43(4,39)40)27-15-13-24(41-2)19-29(27)42-3/h7-15,17,19,28H,5-6,16,18,20-21H2,1-4H3,(H,34,38). The molecule has 0 heterocycles. The number of sulfonamides is 1. The summed E-state index contributed by atoms with van der Waals surface area (Å²) in [7, 11) is -1.11. The van der Waals surface area contributed by atoms with E-state index in [2.05, 4.69) is 5.32 Å². The second-order valence-corrected chi connectivity index (χ2v) is 12.6. The largest absolute Gasteiger partial charge is 0.497 e. The average Bonchev–Trinajstić information content (AvgIpc) is 2.99. The first-order valence-electron chi connectivity index (χ1n) is 13.7. The maximum Gasteiger partial charge on any atom is 0.244 e. The molecule has 0 spiro atoms. The van der Waals surface area contributed by atoms with E-state index in [0.29, 0.717) is 27.9 Å². The molecule has 1 atom stereocenters. The lowest BCUT2D eigenvalue weighted by Gasteiger charge is -2.34. The fourth-order valence-corrected chi connectivity index (χ4v) is 5.65. The minimum Gasteiger partial charge on any atom is -0.497 e. The van der Waals surface area contributed by atoms with Crippen molar-refractivity contribution in [3.63, 3.8) is 0 Å². The number of halogens is 2. The second kappa shape index (κ2) is 15.8. The molecule has 0 saturated carbocycles. The summed E-state index contributed by atoms with van der Waals surface area (Å²) in [4.78, 5) is 29.3. The third-order valence-corrected chi connectivity index (χ3v) is 8.64. The van der Waals surface area contributed by atoms with Gasteiger partial charge in [-0.1, -0.05) is 72.9 Å². The van der Waals surface area contributed by atoms with Crippen molar-refractivity contribution in [2.24, 2.45) is 0 Å². The molecule has 3 aromatic carbocycles. The number of nitrogens with zero attached hydrogens (tertiary/aromatic N) is 2. The number of hydrogen-bond donors (Lipinski definition) is 1. The zero-order chi connectivity index (χ0) is 31.6. The Balaban J connectivity index is 2.09. The molecule has 232 valence electrons. The van der Waals surface area contributed by atoms with Crippen molar-refractivity contribution in [1.29, 1.82) is 0 Å². The lowest BCUT2D eigenvalue weighted by molar-refractivity contribution is -0.140. The van der Waals surface area contributed by atoms with Crippen molar-refractivity contribution in [2.45, 2.75) is 38.8 Å². The Morgan fingerprint density at radius 3 is 2.26 bits per heavy atom. The Bertz CT molecular complexity index is 1500.